The van der Waals surface area contributed by atoms with Gasteiger partial charge < -0.3 is 20.0 Å². The zero-order chi connectivity index (χ0) is 20.1. The normalized spacial score (nSPS) is 16.4. The number of anilines is 1. The van der Waals surface area contributed by atoms with E-state index in [4.69, 9.17) is 4.42 Å². The summed E-state index contributed by atoms with van der Waals surface area (Å²) in [5.41, 5.74) is 0.919. The topological polar surface area (TPSA) is 111 Å². The third-order valence-corrected chi connectivity index (χ3v) is 4.68. The number of guanidine groups is 1. The molecule has 4 rings (SSSR count). The van der Waals surface area contributed by atoms with Crippen molar-refractivity contribution in [1.82, 2.24) is 25.8 Å². The molecular weight excluding hydrogens is 497 g/mol. The van der Waals surface area contributed by atoms with Crippen LogP contribution in [0.5, 0.6) is 0 Å². The van der Waals surface area contributed by atoms with Gasteiger partial charge in [0.05, 0.1) is 12.3 Å². The molecule has 1 amide bonds. The second kappa shape index (κ2) is 10.2. The van der Waals surface area contributed by atoms with E-state index in [2.05, 4.69) is 30.8 Å². The number of aromatic nitrogens is 3. The van der Waals surface area contributed by atoms with Gasteiger partial charge in [-0.3, -0.25) is 14.9 Å². The van der Waals surface area contributed by atoms with Crippen molar-refractivity contribution in [2.45, 2.75) is 18.9 Å². The first kappa shape index (κ1) is 21.8. The van der Waals surface area contributed by atoms with Crippen LogP contribution in [-0.4, -0.2) is 53.2 Å². The molecule has 1 saturated heterocycles. The van der Waals surface area contributed by atoms with E-state index in [-0.39, 0.29) is 35.9 Å². The van der Waals surface area contributed by atoms with Gasteiger partial charge in [-0.1, -0.05) is 18.2 Å². The van der Waals surface area contributed by atoms with Crippen molar-refractivity contribution in [2.75, 3.05) is 25.0 Å². The number of hydrogen-bond acceptors (Lipinski definition) is 5. The van der Waals surface area contributed by atoms with Gasteiger partial charge in [-0.15, -0.1) is 24.0 Å². The molecule has 0 bridgehead atoms. The maximum absolute atomic E-state index is 12.4. The summed E-state index contributed by atoms with van der Waals surface area (Å²) in [4.78, 5) is 22.8. The number of halogens is 1. The Bertz CT molecular complexity index is 972. The number of furan rings is 1. The lowest BCUT2D eigenvalue weighted by molar-refractivity contribution is -0.117. The van der Waals surface area contributed by atoms with E-state index in [0.29, 0.717) is 43.5 Å². The Kier molecular flexibility index (Phi) is 7.44. The molecule has 158 valence electrons. The van der Waals surface area contributed by atoms with Crippen LogP contribution in [0.25, 0.3) is 11.6 Å². The van der Waals surface area contributed by atoms with E-state index in [1.54, 1.807) is 24.3 Å². The molecule has 9 nitrogen and oxygen atoms in total. The van der Waals surface area contributed by atoms with Gasteiger partial charge in [-0.05, 0) is 24.3 Å². The summed E-state index contributed by atoms with van der Waals surface area (Å²) >= 11 is 0. The van der Waals surface area contributed by atoms with Crippen molar-refractivity contribution in [3.8, 4) is 11.6 Å². The lowest BCUT2D eigenvalue weighted by Crippen LogP contribution is -2.45. The molecule has 3 N–H and O–H groups in total. The molecule has 0 radical (unpaired) electrons. The number of amides is 1. The monoisotopic (exact) mass is 521 g/mol. The van der Waals surface area contributed by atoms with Crippen LogP contribution in [0, 0.1) is 0 Å². The number of carbonyl (C=O) groups is 1. The van der Waals surface area contributed by atoms with Gasteiger partial charge in [0.15, 0.2) is 11.7 Å². The smallest absolute Gasteiger partial charge is 0.229 e. The lowest BCUT2D eigenvalue weighted by atomic mass is 10.2. The number of para-hydroxylation sites is 1. The van der Waals surface area contributed by atoms with Crippen LogP contribution < -0.4 is 15.5 Å². The lowest BCUT2D eigenvalue weighted by Gasteiger charge is -2.18. The molecule has 1 atom stereocenters. The van der Waals surface area contributed by atoms with Crippen LogP contribution in [0.1, 0.15) is 12.2 Å². The number of benzene rings is 1. The zero-order valence-corrected chi connectivity index (χ0v) is 18.9. The molecule has 1 unspecified atom stereocenters. The molecule has 1 aliphatic heterocycles. The van der Waals surface area contributed by atoms with Crippen molar-refractivity contribution in [2.24, 2.45) is 4.99 Å². The molecule has 10 heteroatoms. The number of H-pyrrole nitrogens is 1. The highest BCUT2D eigenvalue weighted by Gasteiger charge is 2.31. The molecule has 1 aliphatic rings. The average Bonchev–Trinajstić information content (AvgIpc) is 3.49. The highest BCUT2D eigenvalue weighted by Crippen LogP contribution is 2.21. The molecule has 1 fully saturated rings. The first-order valence-electron chi connectivity index (χ1n) is 9.50. The second-order valence-corrected chi connectivity index (χ2v) is 6.72. The van der Waals surface area contributed by atoms with Gasteiger partial charge in [0.1, 0.15) is 5.82 Å². The first-order valence-corrected chi connectivity index (χ1v) is 9.50. The van der Waals surface area contributed by atoms with Gasteiger partial charge in [-0.25, -0.2) is 4.98 Å². The Balaban J connectivity index is 0.00000256. The summed E-state index contributed by atoms with van der Waals surface area (Å²) in [5, 5.41) is 13.7. The minimum absolute atomic E-state index is 0. The van der Waals surface area contributed by atoms with E-state index in [9.17, 15) is 4.79 Å². The molecule has 0 aliphatic carbocycles. The maximum Gasteiger partial charge on any atom is 0.229 e. The number of aromatic amines is 1. The van der Waals surface area contributed by atoms with E-state index < -0.39 is 0 Å². The summed E-state index contributed by atoms with van der Waals surface area (Å²) < 4.78 is 5.30. The van der Waals surface area contributed by atoms with E-state index in [1.807, 2.05) is 36.4 Å². The number of nitrogens with zero attached hydrogens (tertiary/aromatic N) is 4. The highest BCUT2D eigenvalue weighted by molar-refractivity contribution is 14.0. The molecule has 3 heterocycles. The third kappa shape index (κ3) is 5.17. The van der Waals surface area contributed by atoms with Gasteiger partial charge in [-0.2, -0.15) is 5.10 Å². The van der Waals surface area contributed by atoms with Crippen molar-refractivity contribution < 1.29 is 9.21 Å². The molecule has 30 heavy (non-hydrogen) atoms. The molecular formula is C20H24IN7O2. The minimum atomic E-state index is 0. The van der Waals surface area contributed by atoms with Gasteiger partial charge in [0.25, 0.3) is 0 Å². The third-order valence-electron chi connectivity index (χ3n) is 4.68. The van der Waals surface area contributed by atoms with E-state index in [0.717, 1.165) is 11.5 Å². The predicted molar refractivity (Wildman–Crippen MR) is 125 cm³/mol. The SMILES string of the molecule is CN=C(NCCc1nc(-c2ccco2)n[nH]1)NC1CC(=O)N(c2ccccc2)C1.I. The van der Waals surface area contributed by atoms with Crippen molar-refractivity contribution in [1.29, 1.82) is 0 Å². The largest absolute Gasteiger partial charge is 0.461 e. The Morgan fingerprint density at radius 2 is 2.13 bits per heavy atom. The quantitative estimate of drug-likeness (QED) is 0.261. The van der Waals surface area contributed by atoms with Crippen molar-refractivity contribution >= 4 is 41.5 Å². The summed E-state index contributed by atoms with van der Waals surface area (Å²) in [7, 11) is 1.71. The van der Waals surface area contributed by atoms with Gasteiger partial charge in [0.2, 0.25) is 11.7 Å². The Morgan fingerprint density at radius 1 is 1.30 bits per heavy atom. The first-order chi connectivity index (χ1) is 14.2. The number of nitrogens with one attached hydrogen (secondary N) is 3. The Labute approximate surface area is 191 Å². The summed E-state index contributed by atoms with van der Waals surface area (Å²) in [6.07, 6.45) is 2.67. The maximum atomic E-state index is 12.4. The molecule has 0 saturated carbocycles. The highest BCUT2D eigenvalue weighted by atomic mass is 127. The van der Waals surface area contributed by atoms with Crippen LogP contribution in [0.3, 0.4) is 0 Å². The molecule has 3 aromatic rings. The number of rotatable bonds is 6. The van der Waals surface area contributed by atoms with Gasteiger partial charge in [0, 0.05) is 38.7 Å². The number of hydrogen-bond donors (Lipinski definition) is 3. The van der Waals surface area contributed by atoms with Crippen LogP contribution in [0.4, 0.5) is 5.69 Å². The molecule has 0 spiro atoms. The fraction of sp³-hybridized carbons (Fsp3) is 0.300. The van der Waals surface area contributed by atoms with E-state index >= 15 is 0 Å². The van der Waals surface area contributed by atoms with Crippen molar-refractivity contribution in [3.63, 3.8) is 0 Å². The number of carbonyl (C=O) groups excluding carboxylic acids is 1. The Morgan fingerprint density at radius 3 is 2.87 bits per heavy atom. The average molecular weight is 521 g/mol. The molecule has 1 aromatic carbocycles. The van der Waals surface area contributed by atoms with Gasteiger partial charge >= 0.3 is 0 Å². The Hall–Kier alpha value is -2.89. The minimum Gasteiger partial charge on any atom is -0.461 e. The fourth-order valence-corrected chi connectivity index (χ4v) is 3.27. The summed E-state index contributed by atoms with van der Waals surface area (Å²) in [5.74, 6) is 2.69. The van der Waals surface area contributed by atoms with Crippen LogP contribution >= 0.6 is 24.0 Å². The van der Waals surface area contributed by atoms with Crippen molar-refractivity contribution in [3.05, 3.63) is 54.6 Å². The molecule has 2 aromatic heterocycles. The number of aliphatic imine (C=N–C) groups is 1. The van der Waals surface area contributed by atoms with Crippen LogP contribution in [0.2, 0.25) is 0 Å². The summed E-state index contributed by atoms with van der Waals surface area (Å²) in [6, 6.07) is 13.3. The zero-order valence-electron chi connectivity index (χ0n) is 16.5. The second-order valence-electron chi connectivity index (χ2n) is 6.72. The summed E-state index contributed by atoms with van der Waals surface area (Å²) in [6.45, 7) is 1.23. The van der Waals surface area contributed by atoms with Crippen LogP contribution in [0.15, 0.2) is 58.1 Å². The fourth-order valence-electron chi connectivity index (χ4n) is 3.27. The van der Waals surface area contributed by atoms with E-state index in [1.165, 1.54) is 0 Å². The standard InChI is InChI=1S/C20H23N7O2.HI/c1-21-20(22-10-9-17-24-19(26-25-17)16-8-5-11-29-16)23-14-12-18(28)27(13-14)15-6-3-2-4-7-15;/h2-8,11,14H,9-10,12-13H2,1H3,(H2,21,22,23)(H,24,25,26);1H. The predicted octanol–water partition coefficient (Wildman–Crippen LogP) is 2.20. The van der Waals surface area contributed by atoms with Crippen LogP contribution in [-0.2, 0) is 11.2 Å².